The van der Waals surface area contributed by atoms with Crippen molar-refractivity contribution >= 4 is 17.3 Å². The number of nitrogens with zero attached hydrogens (tertiary/aromatic N) is 1. The van der Waals surface area contributed by atoms with Crippen molar-refractivity contribution in [2.75, 3.05) is 25.5 Å². The van der Waals surface area contributed by atoms with Gasteiger partial charge in [-0.3, -0.25) is 0 Å². The minimum Gasteiger partial charge on any atom is -0.370 e. The summed E-state index contributed by atoms with van der Waals surface area (Å²) in [6.45, 7) is 1.04. The largest absolute Gasteiger partial charge is 0.370 e. The van der Waals surface area contributed by atoms with Crippen molar-refractivity contribution in [3.8, 4) is 0 Å². The number of halogens is 1. The molecule has 1 aromatic carbocycles. The Morgan fingerprint density at radius 1 is 1.53 bits per heavy atom. The Morgan fingerprint density at radius 3 is 3.07 bits per heavy atom. The minimum absolute atomic E-state index is 0.601. The number of anilines is 1. The van der Waals surface area contributed by atoms with Gasteiger partial charge in [0, 0.05) is 30.3 Å². The van der Waals surface area contributed by atoms with Gasteiger partial charge >= 0.3 is 0 Å². The first kappa shape index (κ1) is 10.8. The highest BCUT2D eigenvalue weighted by Crippen LogP contribution is 2.31. The first-order chi connectivity index (χ1) is 7.22. The van der Waals surface area contributed by atoms with Crippen LogP contribution in [0.4, 0.5) is 5.69 Å². The number of hydrogen-bond donors (Lipinski definition) is 1. The summed E-state index contributed by atoms with van der Waals surface area (Å²) in [4.78, 5) is 2.35. The quantitative estimate of drug-likeness (QED) is 0.830. The van der Waals surface area contributed by atoms with Crippen molar-refractivity contribution < 1.29 is 0 Å². The van der Waals surface area contributed by atoms with Crippen LogP contribution in [0.2, 0.25) is 5.02 Å². The summed E-state index contributed by atoms with van der Waals surface area (Å²) in [5.41, 5.74) is 2.70. The normalized spacial score (nSPS) is 20.2. The van der Waals surface area contributed by atoms with E-state index < -0.39 is 0 Å². The van der Waals surface area contributed by atoms with E-state index in [-0.39, 0.29) is 0 Å². The highest BCUT2D eigenvalue weighted by molar-refractivity contribution is 6.30. The summed E-state index contributed by atoms with van der Waals surface area (Å²) >= 11 is 5.99. The van der Waals surface area contributed by atoms with Crippen LogP contribution in [0.5, 0.6) is 0 Å². The second-order valence-corrected chi connectivity index (χ2v) is 4.57. The van der Waals surface area contributed by atoms with Crippen LogP contribution in [0.15, 0.2) is 18.2 Å². The average molecular weight is 225 g/mol. The van der Waals surface area contributed by atoms with E-state index in [1.54, 1.807) is 0 Å². The number of nitrogens with one attached hydrogen (secondary N) is 1. The molecule has 1 unspecified atom stereocenters. The van der Waals surface area contributed by atoms with E-state index in [0.29, 0.717) is 6.04 Å². The molecular weight excluding hydrogens is 208 g/mol. The summed E-state index contributed by atoms with van der Waals surface area (Å²) in [7, 11) is 4.17. The SMILES string of the molecule is CNCC1CCc2cc(Cl)ccc2N1C. The van der Waals surface area contributed by atoms with Gasteiger partial charge in [0.25, 0.3) is 0 Å². The monoisotopic (exact) mass is 224 g/mol. The Labute approximate surface area is 96.2 Å². The first-order valence-electron chi connectivity index (χ1n) is 5.38. The molecule has 0 radical (unpaired) electrons. The van der Waals surface area contributed by atoms with E-state index in [4.69, 9.17) is 11.6 Å². The maximum Gasteiger partial charge on any atom is 0.0414 e. The molecule has 3 heteroatoms. The van der Waals surface area contributed by atoms with Gasteiger partial charge in [0.1, 0.15) is 0 Å². The van der Waals surface area contributed by atoms with Crippen LogP contribution in [0.25, 0.3) is 0 Å². The molecule has 1 atom stereocenters. The summed E-state index contributed by atoms with van der Waals surface area (Å²) in [6.07, 6.45) is 2.33. The number of likely N-dealkylation sites (N-methyl/N-ethyl adjacent to an activating group) is 2. The van der Waals surface area contributed by atoms with E-state index >= 15 is 0 Å². The van der Waals surface area contributed by atoms with Gasteiger partial charge in [0.05, 0.1) is 0 Å². The van der Waals surface area contributed by atoms with Crippen molar-refractivity contribution in [1.82, 2.24) is 5.32 Å². The highest BCUT2D eigenvalue weighted by atomic mass is 35.5. The van der Waals surface area contributed by atoms with E-state index in [9.17, 15) is 0 Å². The maximum absolute atomic E-state index is 5.99. The number of hydrogen-bond acceptors (Lipinski definition) is 2. The maximum atomic E-state index is 5.99. The lowest BCUT2D eigenvalue weighted by Gasteiger charge is -2.36. The van der Waals surface area contributed by atoms with E-state index in [1.165, 1.54) is 17.7 Å². The molecule has 0 saturated carbocycles. The molecule has 1 heterocycles. The number of rotatable bonds is 2. The Morgan fingerprint density at radius 2 is 2.33 bits per heavy atom. The van der Waals surface area contributed by atoms with Crippen LogP contribution in [0.3, 0.4) is 0 Å². The number of benzene rings is 1. The van der Waals surface area contributed by atoms with Gasteiger partial charge in [0.15, 0.2) is 0 Å². The van der Waals surface area contributed by atoms with Crippen molar-refractivity contribution in [2.45, 2.75) is 18.9 Å². The fourth-order valence-electron chi connectivity index (χ4n) is 2.29. The summed E-state index contributed by atoms with van der Waals surface area (Å²) < 4.78 is 0. The van der Waals surface area contributed by atoms with Crippen molar-refractivity contribution in [2.24, 2.45) is 0 Å². The van der Waals surface area contributed by atoms with Gasteiger partial charge in [-0.15, -0.1) is 0 Å². The summed E-state index contributed by atoms with van der Waals surface area (Å²) in [5.74, 6) is 0. The van der Waals surface area contributed by atoms with Crippen LogP contribution in [0.1, 0.15) is 12.0 Å². The fraction of sp³-hybridized carbons (Fsp3) is 0.500. The lowest BCUT2D eigenvalue weighted by atomic mass is 9.96. The predicted molar refractivity (Wildman–Crippen MR) is 65.9 cm³/mol. The Hall–Kier alpha value is -0.730. The molecule has 15 heavy (non-hydrogen) atoms. The van der Waals surface area contributed by atoms with Gasteiger partial charge in [-0.2, -0.15) is 0 Å². The zero-order valence-corrected chi connectivity index (χ0v) is 10.0. The summed E-state index contributed by atoms with van der Waals surface area (Å²) in [6, 6.07) is 6.78. The second kappa shape index (κ2) is 4.42. The van der Waals surface area contributed by atoms with Crippen LogP contribution in [-0.4, -0.2) is 26.7 Å². The van der Waals surface area contributed by atoms with E-state index in [2.05, 4.69) is 29.4 Å². The molecule has 0 bridgehead atoms. The van der Waals surface area contributed by atoms with Crippen LogP contribution in [0, 0.1) is 0 Å². The molecule has 0 aliphatic carbocycles. The zero-order valence-electron chi connectivity index (χ0n) is 9.26. The first-order valence-corrected chi connectivity index (χ1v) is 5.76. The molecular formula is C12H17ClN2. The predicted octanol–water partition coefficient (Wildman–Crippen LogP) is 2.31. The molecule has 82 valence electrons. The van der Waals surface area contributed by atoms with Gasteiger partial charge < -0.3 is 10.2 Å². The van der Waals surface area contributed by atoms with Gasteiger partial charge in [-0.25, -0.2) is 0 Å². The van der Waals surface area contributed by atoms with Crippen LogP contribution < -0.4 is 10.2 Å². The molecule has 2 nitrogen and oxygen atoms in total. The van der Waals surface area contributed by atoms with Crippen molar-refractivity contribution in [3.63, 3.8) is 0 Å². The van der Waals surface area contributed by atoms with E-state index in [0.717, 1.165) is 18.0 Å². The lowest BCUT2D eigenvalue weighted by molar-refractivity contribution is 0.530. The minimum atomic E-state index is 0.601. The molecule has 1 aliphatic heterocycles. The van der Waals surface area contributed by atoms with Gasteiger partial charge in [-0.1, -0.05) is 11.6 Å². The smallest absolute Gasteiger partial charge is 0.0414 e. The molecule has 1 aliphatic rings. The summed E-state index contributed by atoms with van der Waals surface area (Å²) in [5, 5.41) is 4.08. The fourth-order valence-corrected chi connectivity index (χ4v) is 2.48. The third-order valence-corrected chi connectivity index (χ3v) is 3.39. The molecule has 1 aromatic rings. The van der Waals surface area contributed by atoms with Crippen molar-refractivity contribution in [1.29, 1.82) is 0 Å². The Bertz CT molecular complexity index is 351. The molecule has 0 amide bonds. The van der Waals surface area contributed by atoms with Gasteiger partial charge in [-0.05, 0) is 43.7 Å². The van der Waals surface area contributed by atoms with Crippen LogP contribution >= 0.6 is 11.6 Å². The molecule has 1 N–H and O–H groups in total. The Balaban J connectivity index is 2.26. The highest BCUT2D eigenvalue weighted by Gasteiger charge is 2.22. The average Bonchev–Trinajstić information content (AvgIpc) is 2.22. The second-order valence-electron chi connectivity index (χ2n) is 4.13. The third-order valence-electron chi connectivity index (χ3n) is 3.16. The molecule has 0 spiro atoms. The van der Waals surface area contributed by atoms with Gasteiger partial charge in [0.2, 0.25) is 0 Å². The molecule has 0 aromatic heterocycles. The number of fused-ring (bicyclic) bond motifs is 1. The zero-order chi connectivity index (χ0) is 10.8. The number of aryl methyl sites for hydroxylation is 1. The van der Waals surface area contributed by atoms with E-state index in [1.807, 2.05) is 13.1 Å². The topological polar surface area (TPSA) is 15.3 Å². The lowest BCUT2D eigenvalue weighted by Crippen LogP contribution is -2.42. The molecule has 0 saturated heterocycles. The third kappa shape index (κ3) is 2.11. The van der Waals surface area contributed by atoms with Crippen molar-refractivity contribution in [3.05, 3.63) is 28.8 Å². The molecule has 2 rings (SSSR count). The van der Waals surface area contributed by atoms with Crippen LogP contribution in [-0.2, 0) is 6.42 Å². The Kier molecular flexibility index (Phi) is 3.17. The molecule has 0 fully saturated rings. The standard InChI is InChI=1S/C12H17ClN2/c1-14-8-11-5-3-9-7-10(13)4-6-12(9)15(11)2/h4,6-7,11,14H,3,5,8H2,1-2H3.